The van der Waals surface area contributed by atoms with Gasteiger partial charge in [-0.1, -0.05) is 35.3 Å². The normalized spacial score (nSPS) is 11.2. The van der Waals surface area contributed by atoms with Crippen LogP contribution in [0.25, 0.3) is 0 Å². The highest BCUT2D eigenvalue weighted by atomic mass is 35.5. The Hall–Kier alpha value is -1.96. The Bertz CT molecular complexity index is 886. The number of ether oxygens (including phenoxy) is 1. The molecule has 0 saturated heterocycles. The summed E-state index contributed by atoms with van der Waals surface area (Å²) >= 11 is 11.7. The first-order valence-electron chi connectivity index (χ1n) is 7.18. The predicted molar refractivity (Wildman–Crippen MR) is 96.2 cm³/mol. The highest BCUT2D eigenvalue weighted by molar-refractivity contribution is 7.92. The van der Waals surface area contributed by atoms with Crippen LogP contribution in [0.3, 0.4) is 0 Å². The number of carboxylic acids is 1. The zero-order valence-corrected chi connectivity index (χ0v) is 15.5. The molecule has 0 bridgehead atoms. The van der Waals surface area contributed by atoms with Crippen LogP contribution >= 0.6 is 23.2 Å². The Morgan fingerprint density at radius 3 is 2.44 bits per heavy atom. The largest absolute Gasteiger partial charge is 0.492 e. The van der Waals surface area contributed by atoms with Crippen molar-refractivity contribution in [1.82, 2.24) is 0 Å². The van der Waals surface area contributed by atoms with Crippen LogP contribution < -0.4 is 9.04 Å². The third-order valence-electron chi connectivity index (χ3n) is 3.19. The van der Waals surface area contributed by atoms with Gasteiger partial charge in [-0.05, 0) is 37.3 Å². The fourth-order valence-corrected chi connectivity index (χ4v) is 3.94. The predicted octanol–water partition coefficient (Wildman–Crippen LogP) is 3.67. The van der Waals surface area contributed by atoms with Crippen LogP contribution in [-0.4, -0.2) is 32.6 Å². The van der Waals surface area contributed by atoms with E-state index in [0.717, 1.165) is 4.31 Å². The molecular formula is C16H15Cl2NO5S. The lowest BCUT2D eigenvalue weighted by atomic mass is 10.3. The van der Waals surface area contributed by atoms with Gasteiger partial charge < -0.3 is 9.84 Å². The van der Waals surface area contributed by atoms with Crippen molar-refractivity contribution in [2.45, 2.75) is 11.8 Å². The molecule has 0 aromatic heterocycles. The lowest BCUT2D eigenvalue weighted by Crippen LogP contribution is -2.36. The van der Waals surface area contributed by atoms with Gasteiger partial charge in [-0.2, -0.15) is 0 Å². The average molecular weight is 404 g/mol. The molecule has 0 spiro atoms. The molecule has 0 heterocycles. The number of benzene rings is 2. The molecule has 0 aliphatic heterocycles. The number of halogens is 2. The topological polar surface area (TPSA) is 83.9 Å². The summed E-state index contributed by atoms with van der Waals surface area (Å²) in [5, 5.41) is 9.43. The Morgan fingerprint density at radius 1 is 1.16 bits per heavy atom. The molecule has 0 fully saturated rings. The number of nitrogens with zero attached hydrogens (tertiary/aromatic N) is 1. The van der Waals surface area contributed by atoms with Gasteiger partial charge in [-0.3, -0.25) is 9.10 Å². The first-order valence-corrected chi connectivity index (χ1v) is 9.38. The van der Waals surface area contributed by atoms with Crippen molar-refractivity contribution in [2.75, 3.05) is 17.5 Å². The molecule has 2 aromatic rings. The van der Waals surface area contributed by atoms with E-state index in [1.807, 2.05) is 0 Å². The number of rotatable bonds is 7. The highest BCUT2D eigenvalue weighted by Crippen LogP contribution is 2.34. The van der Waals surface area contributed by atoms with Crippen molar-refractivity contribution in [2.24, 2.45) is 0 Å². The zero-order valence-electron chi connectivity index (χ0n) is 13.1. The van der Waals surface area contributed by atoms with Crippen LogP contribution in [-0.2, 0) is 14.8 Å². The van der Waals surface area contributed by atoms with Gasteiger partial charge in [0.05, 0.1) is 27.2 Å². The Morgan fingerprint density at radius 2 is 1.84 bits per heavy atom. The zero-order chi connectivity index (χ0) is 18.6. The highest BCUT2D eigenvalue weighted by Gasteiger charge is 2.29. The lowest BCUT2D eigenvalue weighted by Gasteiger charge is -2.25. The van der Waals surface area contributed by atoms with Gasteiger partial charge in [0.1, 0.15) is 12.3 Å². The SMILES string of the molecule is CCOc1ccccc1N(CC(=O)O)S(=O)(=O)c1ccc(Cl)c(Cl)c1. The van der Waals surface area contributed by atoms with Crippen molar-refractivity contribution in [3.05, 3.63) is 52.5 Å². The van der Waals surface area contributed by atoms with E-state index in [1.54, 1.807) is 25.1 Å². The van der Waals surface area contributed by atoms with E-state index in [9.17, 15) is 18.3 Å². The Balaban J connectivity index is 2.60. The van der Waals surface area contributed by atoms with Gasteiger partial charge >= 0.3 is 5.97 Å². The monoisotopic (exact) mass is 403 g/mol. The van der Waals surface area contributed by atoms with Crippen LogP contribution in [0.4, 0.5) is 5.69 Å². The lowest BCUT2D eigenvalue weighted by molar-refractivity contribution is -0.135. The van der Waals surface area contributed by atoms with Gasteiger partial charge in [0.2, 0.25) is 0 Å². The van der Waals surface area contributed by atoms with Crippen LogP contribution in [0.1, 0.15) is 6.92 Å². The van der Waals surface area contributed by atoms with Gasteiger partial charge in [-0.25, -0.2) is 8.42 Å². The van der Waals surface area contributed by atoms with Crippen LogP contribution in [0.15, 0.2) is 47.4 Å². The standard InChI is InChI=1S/C16H15Cl2NO5S/c1-2-24-15-6-4-3-5-14(15)19(10-16(20)21)25(22,23)11-7-8-12(17)13(18)9-11/h3-9H,2,10H2,1H3,(H,20,21). The van der Waals surface area contributed by atoms with E-state index in [2.05, 4.69) is 0 Å². The molecule has 0 amide bonds. The molecule has 134 valence electrons. The minimum Gasteiger partial charge on any atom is -0.492 e. The fraction of sp³-hybridized carbons (Fsp3) is 0.188. The molecule has 25 heavy (non-hydrogen) atoms. The second-order valence-electron chi connectivity index (χ2n) is 4.88. The third kappa shape index (κ3) is 4.36. The maximum atomic E-state index is 13.0. The summed E-state index contributed by atoms with van der Waals surface area (Å²) in [5.74, 6) is -1.05. The molecule has 9 heteroatoms. The van der Waals surface area contributed by atoms with Crippen LogP contribution in [0, 0.1) is 0 Å². The second kappa shape index (κ2) is 7.95. The number of hydrogen-bond acceptors (Lipinski definition) is 4. The first kappa shape index (κ1) is 19.4. The van der Waals surface area contributed by atoms with Crippen LogP contribution in [0.2, 0.25) is 10.0 Å². The minimum absolute atomic E-state index is 0.0520. The molecule has 6 nitrogen and oxygen atoms in total. The summed E-state index contributed by atoms with van der Waals surface area (Å²) in [6, 6.07) is 10.1. The smallest absolute Gasteiger partial charge is 0.324 e. The third-order valence-corrected chi connectivity index (χ3v) is 5.69. The van der Waals surface area contributed by atoms with E-state index in [-0.39, 0.29) is 26.4 Å². The molecule has 0 atom stereocenters. The Labute approximate surface area is 155 Å². The molecule has 1 N–H and O–H groups in total. The second-order valence-corrected chi connectivity index (χ2v) is 7.56. The maximum absolute atomic E-state index is 13.0. The number of anilines is 1. The Kier molecular flexibility index (Phi) is 6.16. The van der Waals surface area contributed by atoms with E-state index in [4.69, 9.17) is 27.9 Å². The van der Waals surface area contributed by atoms with Crippen molar-refractivity contribution < 1.29 is 23.1 Å². The minimum atomic E-state index is -4.20. The van der Waals surface area contributed by atoms with Crippen molar-refractivity contribution in [3.8, 4) is 5.75 Å². The molecule has 2 rings (SSSR count). The molecule has 0 unspecified atom stereocenters. The van der Waals surface area contributed by atoms with Gasteiger partial charge in [0, 0.05) is 0 Å². The molecule has 0 aliphatic rings. The summed E-state index contributed by atoms with van der Waals surface area (Å²) in [5.41, 5.74) is 0.123. The van der Waals surface area contributed by atoms with E-state index >= 15 is 0 Å². The summed E-state index contributed by atoms with van der Waals surface area (Å²) < 4.78 is 32.2. The number of para-hydroxylation sites is 2. The van der Waals surface area contributed by atoms with Crippen molar-refractivity contribution in [1.29, 1.82) is 0 Å². The quantitative estimate of drug-likeness (QED) is 0.761. The number of carboxylic acid groups (broad SMARTS) is 1. The van der Waals surface area contributed by atoms with Gasteiger partial charge in [0.25, 0.3) is 10.0 Å². The molecule has 0 aliphatic carbocycles. The van der Waals surface area contributed by atoms with Gasteiger partial charge in [-0.15, -0.1) is 0 Å². The summed E-state index contributed by atoms with van der Waals surface area (Å²) in [6.07, 6.45) is 0. The maximum Gasteiger partial charge on any atom is 0.324 e. The summed E-state index contributed by atoms with van der Waals surface area (Å²) in [6.45, 7) is 1.27. The number of sulfonamides is 1. The first-order chi connectivity index (χ1) is 11.8. The van der Waals surface area contributed by atoms with Crippen molar-refractivity contribution >= 4 is 44.9 Å². The number of carbonyl (C=O) groups is 1. The average Bonchev–Trinajstić information content (AvgIpc) is 2.56. The summed E-state index contributed by atoms with van der Waals surface area (Å²) in [4.78, 5) is 11.1. The molecular weight excluding hydrogens is 389 g/mol. The fourth-order valence-electron chi connectivity index (χ4n) is 2.13. The molecule has 2 aromatic carbocycles. The molecule has 0 saturated carbocycles. The number of hydrogen-bond donors (Lipinski definition) is 1. The number of aliphatic carboxylic acids is 1. The van der Waals surface area contributed by atoms with Crippen LogP contribution in [0.5, 0.6) is 5.75 Å². The van der Waals surface area contributed by atoms with E-state index in [0.29, 0.717) is 6.61 Å². The molecule has 0 radical (unpaired) electrons. The van der Waals surface area contributed by atoms with E-state index in [1.165, 1.54) is 24.3 Å². The van der Waals surface area contributed by atoms with Gasteiger partial charge in [0.15, 0.2) is 0 Å². The van der Waals surface area contributed by atoms with E-state index < -0.39 is 22.5 Å². The van der Waals surface area contributed by atoms with Crippen molar-refractivity contribution in [3.63, 3.8) is 0 Å². The summed E-state index contributed by atoms with van der Waals surface area (Å²) in [7, 11) is -4.20.